The number of rotatable bonds is 7. The zero-order valence-corrected chi connectivity index (χ0v) is 19.6. The van der Waals surface area contributed by atoms with Crippen LogP contribution in [0.25, 0.3) is 0 Å². The van der Waals surface area contributed by atoms with Crippen molar-refractivity contribution in [1.29, 1.82) is 0 Å². The highest BCUT2D eigenvalue weighted by Gasteiger charge is 2.24. The van der Waals surface area contributed by atoms with Crippen molar-refractivity contribution in [2.24, 2.45) is 4.99 Å². The SMILES string of the molecule is CN=C(NCCc1nc(C)no1)NC1CCN(c2cc(OC)cc(OC)c2)C1.I. The fourth-order valence-corrected chi connectivity index (χ4v) is 3.20. The summed E-state index contributed by atoms with van der Waals surface area (Å²) >= 11 is 0. The van der Waals surface area contributed by atoms with Crippen molar-refractivity contribution in [3.05, 3.63) is 29.9 Å². The van der Waals surface area contributed by atoms with E-state index in [4.69, 9.17) is 14.0 Å². The van der Waals surface area contributed by atoms with Crippen LogP contribution in [-0.4, -0.2) is 63.0 Å². The summed E-state index contributed by atoms with van der Waals surface area (Å²) in [6, 6.07) is 6.25. The maximum Gasteiger partial charge on any atom is 0.228 e. The van der Waals surface area contributed by atoms with Crippen LogP contribution in [0.4, 0.5) is 5.69 Å². The van der Waals surface area contributed by atoms with Crippen molar-refractivity contribution in [3.63, 3.8) is 0 Å². The molecule has 9 nitrogen and oxygen atoms in total. The van der Waals surface area contributed by atoms with E-state index >= 15 is 0 Å². The van der Waals surface area contributed by atoms with E-state index < -0.39 is 0 Å². The normalized spacial score (nSPS) is 16.3. The first-order valence-electron chi connectivity index (χ1n) is 9.35. The second-order valence-electron chi connectivity index (χ2n) is 6.63. The number of aromatic nitrogens is 2. The third kappa shape index (κ3) is 6.38. The monoisotopic (exact) mass is 516 g/mol. The van der Waals surface area contributed by atoms with Gasteiger partial charge >= 0.3 is 0 Å². The molecule has 0 aliphatic carbocycles. The third-order valence-corrected chi connectivity index (χ3v) is 4.66. The van der Waals surface area contributed by atoms with Gasteiger partial charge in [-0.05, 0) is 13.3 Å². The number of nitrogens with zero attached hydrogens (tertiary/aromatic N) is 4. The van der Waals surface area contributed by atoms with Gasteiger partial charge in [-0.1, -0.05) is 5.16 Å². The molecule has 1 atom stereocenters. The number of methoxy groups -OCH3 is 2. The van der Waals surface area contributed by atoms with E-state index in [1.54, 1.807) is 21.3 Å². The number of hydrogen-bond acceptors (Lipinski definition) is 7. The molecule has 1 unspecified atom stereocenters. The fraction of sp³-hybridized carbons (Fsp3) is 0.526. The predicted octanol–water partition coefficient (Wildman–Crippen LogP) is 2.00. The van der Waals surface area contributed by atoms with Crippen LogP contribution < -0.4 is 25.0 Å². The van der Waals surface area contributed by atoms with Crippen molar-refractivity contribution in [2.75, 3.05) is 45.8 Å². The van der Waals surface area contributed by atoms with Crippen LogP contribution in [0.2, 0.25) is 0 Å². The van der Waals surface area contributed by atoms with Gasteiger partial charge in [-0.15, -0.1) is 24.0 Å². The van der Waals surface area contributed by atoms with Gasteiger partial charge in [-0.2, -0.15) is 4.98 Å². The molecule has 3 rings (SSSR count). The van der Waals surface area contributed by atoms with Crippen LogP contribution in [0.3, 0.4) is 0 Å². The van der Waals surface area contributed by atoms with Crippen LogP contribution in [0.1, 0.15) is 18.1 Å². The van der Waals surface area contributed by atoms with Crippen molar-refractivity contribution in [3.8, 4) is 11.5 Å². The lowest BCUT2D eigenvalue weighted by Gasteiger charge is -2.21. The minimum Gasteiger partial charge on any atom is -0.497 e. The zero-order valence-electron chi connectivity index (χ0n) is 17.3. The van der Waals surface area contributed by atoms with Crippen molar-refractivity contribution in [2.45, 2.75) is 25.8 Å². The van der Waals surface area contributed by atoms with Gasteiger partial charge in [0, 0.05) is 63.0 Å². The van der Waals surface area contributed by atoms with E-state index in [0.717, 1.165) is 42.7 Å². The lowest BCUT2D eigenvalue weighted by molar-refractivity contribution is 0.374. The Morgan fingerprint density at radius 1 is 1.28 bits per heavy atom. The van der Waals surface area contributed by atoms with Crippen molar-refractivity contribution in [1.82, 2.24) is 20.8 Å². The fourth-order valence-electron chi connectivity index (χ4n) is 3.20. The molecule has 2 heterocycles. The average molecular weight is 516 g/mol. The van der Waals surface area contributed by atoms with Gasteiger partial charge in [0.1, 0.15) is 11.5 Å². The smallest absolute Gasteiger partial charge is 0.228 e. The van der Waals surface area contributed by atoms with Gasteiger partial charge in [-0.25, -0.2) is 0 Å². The lowest BCUT2D eigenvalue weighted by atomic mass is 10.2. The van der Waals surface area contributed by atoms with Crippen LogP contribution in [-0.2, 0) is 6.42 Å². The molecule has 1 aliphatic rings. The molecule has 0 saturated carbocycles. The lowest BCUT2D eigenvalue weighted by Crippen LogP contribution is -2.45. The summed E-state index contributed by atoms with van der Waals surface area (Å²) in [7, 11) is 5.10. The summed E-state index contributed by atoms with van der Waals surface area (Å²) in [6.07, 6.45) is 1.67. The molecule has 1 fully saturated rings. The topological polar surface area (TPSA) is 97.0 Å². The molecular weight excluding hydrogens is 487 g/mol. The summed E-state index contributed by atoms with van der Waals surface area (Å²) in [5, 5.41) is 10.6. The summed E-state index contributed by atoms with van der Waals surface area (Å²) < 4.78 is 15.9. The van der Waals surface area contributed by atoms with Crippen LogP contribution in [0.5, 0.6) is 11.5 Å². The molecule has 10 heteroatoms. The molecule has 0 spiro atoms. The van der Waals surface area contributed by atoms with Gasteiger partial charge < -0.3 is 29.5 Å². The van der Waals surface area contributed by atoms with Gasteiger partial charge in [0.15, 0.2) is 11.8 Å². The molecule has 1 aliphatic heterocycles. The maximum atomic E-state index is 5.38. The standard InChI is InChI=1S/C19H28N6O3.HI/c1-13-22-18(28-24-13)5-7-21-19(20-2)23-14-6-8-25(12-14)15-9-16(26-3)11-17(10-15)27-4;/h9-11,14H,5-8,12H2,1-4H3,(H2,20,21,23);1H. The number of ether oxygens (including phenoxy) is 2. The number of aliphatic imine (C=N–C) groups is 1. The summed E-state index contributed by atoms with van der Waals surface area (Å²) in [4.78, 5) is 10.8. The Labute approximate surface area is 188 Å². The first-order valence-corrected chi connectivity index (χ1v) is 9.35. The Balaban J connectivity index is 0.00000300. The molecule has 0 amide bonds. The third-order valence-electron chi connectivity index (χ3n) is 4.66. The number of nitrogens with one attached hydrogen (secondary N) is 2. The molecule has 1 aromatic heterocycles. The van der Waals surface area contributed by atoms with Gasteiger partial charge in [0.2, 0.25) is 5.89 Å². The quantitative estimate of drug-likeness (QED) is 0.328. The molecule has 1 saturated heterocycles. The van der Waals surface area contributed by atoms with Gasteiger partial charge in [0.25, 0.3) is 0 Å². The average Bonchev–Trinajstić information content (AvgIpc) is 3.35. The Morgan fingerprint density at radius 3 is 2.59 bits per heavy atom. The highest BCUT2D eigenvalue weighted by atomic mass is 127. The van der Waals surface area contributed by atoms with E-state index in [-0.39, 0.29) is 24.0 Å². The van der Waals surface area contributed by atoms with E-state index in [0.29, 0.717) is 30.7 Å². The largest absolute Gasteiger partial charge is 0.497 e. The molecule has 2 N–H and O–H groups in total. The first kappa shape index (κ1) is 23.0. The highest BCUT2D eigenvalue weighted by Crippen LogP contribution is 2.30. The predicted molar refractivity (Wildman–Crippen MR) is 123 cm³/mol. The molecule has 1 aromatic carbocycles. The molecule has 29 heavy (non-hydrogen) atoms. The van der Waals surface area contributed by atoms with Gasteiger partial charge in [-0.3, -0.25) is 4.99 Å². The number of halogens is 1. The summed E-state index contributed by atoms with van der Waals surface area (Å²) in [5.41, 5.74) is 1.09. The van der Waals surface area contributed by atoms with Crippen molar-refractivity contribution < 1.29 is 14.0 Å². The highest BCUT2D eigenvalue weighted by molar-refractivity contribution is 14.0. The molecule has 0 bridgehead atoms. The number of anilines is 1. The van der Waals surface area contributed by atoms with E-state index in [1.165, 1.54) is 0 Å². The summed E-state index contributed by atoms with van der Waals surface area (Å²) in [6.45, 7) is 4.31. The van der Waals surface area contributed by atoms with Crippen LogP contribution >= 0.6 is 24.0 Å². The molecular formula is C19H29IN6O3. The first-order chi connectivity index (χ1) is 13.6. The molecule has 2 aromatic rings. The van der Waals surface area contributed by atoms with Crippen LogP contribution in [0, 0.1) is 6.92 Å². The maximum absolute atomic E-state index is 5.38. The minimum absolute atomic E-state index is 0. The number of aryl methyl sites for hydroxylation is 1. The van der Waals surface area contributed by atoms with Crippen LogP contribution in [0.15, 0.2) is 27.7 Å². The van der Waals surface area contributed by atoms with E-state index in [2.05, 4.69) is 30.7 Å². The second-order valence-corrected chi connectivity index (χ2v) is 6.63. The molecule has 160 valence electrons. The zero-order chi connectivity index (χ0) is 19.9. The number of hydrogen-bond donors (Lipinski definition) is 2. The second kappa shape index (κ2) is 11.1. The Hall–Kier alpha value is -2.24. The number of guanidine groups is 1. The van der Waals surface area contributed by atoms with Gasteiger partial charge in [0.05, 0.1) is 14.2 Å². The van der Waals surface area contributed by atoms with E-state index in [1.807, 2.05) is 25.1 Å². The Morgan fingerprint density at radius 2 is 2.00 bits per heavy atom. The number of benzene rings is 1. The van der Waals surface area contributed by atoms with Crippen molar-refractivity contribution >= 4 is 35.6 Å². The minimum atomic E-state index is 0. The Kier molecular flexibility index (Phi) is 8.80. The Bertz CT molecular complexity index is 791. The molecule has 0 radical (unpaired) electrons. The van der Waals surface area contributed by atoms with E-state index in [9.17, 15) is 0 Å². The summed E-state index contributed by atoms with van der Waals surface area (Å²) in [5.74, 6) is 3.63.